The molecule has 4 heteroatoms. The maximum Gasteiger partial charge on any atom is 0.0996 e. The van der Waals surface area contributed by atoms with Crippen LogP contribution in [0.3, 0.4) is 0 Å². The first-order chi connectivity index (χ1) is 9.40. The van der Waals surface area contributed by atoms with Crippen LogP contribution in [0, 0.1) is 11.8 Å². The van der Waals surface area contributed by atoms with Crippen LogP contribution >= 0.6 is 0 Å². The van der Waals surface area contributed by atoms with Gasteiger partial charge in [-0.3, -0.25) is 4.98 Å². The summed E-state index contributed by atoms with van der Waals surface area (Å²) in [6.07, 6.45) is 5.39. The van der Waals surface area contributed by atoms with E-state index in [1.165, 1.54) is 18.8 Å². The zero-order chi connectivity index (χ0) is 12.7. The number of aromatic nitrogens is 1. The molecule has 2 fully saturated rings. The summed E-state index contributed by atoms with van der Waals surface area (Å²) in [5.41, 5.74) is 3.24. The van der Waals surface area contributed by atoms with E-state index in [2.05, 4.69) is 27.3 Å². The lowest BCUT2D eigenvalue weighted by Gasteiger charge is -2.19. The molecular formula is C15H17N3O. The lowest BCUT2D eigenvalue weighted by atomic mass is 10.0. The molecule has 4 nitrogen and oxygen atoms in total. The Kier molecular flexibility index (Phi) is 2.55. The van der Waals surface area contributed by atoms with Gasteiger partial charge in [-0.05, 0) is 30.0 Å². The molecule has 4 heterocycles. The van der Waals surface area contributed by atoms with Crippen LogP contribution in [0.2, 0.25) is 0 Å². The SMILES string of the molecule is c1cc(-c2ccc(N3CC4CNCC4C3)cn2)co1. The fourth-order valence-corrected chi connectivity index (χ4v) is 3.22. The number of pyridine rings is 1. The average molecular weight is 255 g/mol. The number of nitrogens with zero attached hydrogens (tertiary/aromatic N) is 2. The lowest BCUT2D eigenvalue weighted by molar-refractivity contribution is 0.533. The first-order valence-corrected chi connectivity index (χ1v) is 6.84. The lowest BCUT2D eigenvalue weighted by Crippen LogP contribution is -2.25. The molecule has 2 atom stereocenters. The molecule has 2 aliphatic rings. The maximum absolute atomic E-state index is 5.09. The molecule has 2 saturated heterocycles. The van der Waals surface area contributed by atoms with Crippen molar-refractivity contribution in [2.75, 3.05) is 31.1 Å². The predicted molar refractivity (Wildman–Crippen MR) is 74.0 cm³/mol. The van der Waals surface area contributed by atoms with Gasteiger partial charge in [-0.2, -0.15) is 0 Å². The van der Waals surface area contributed by atoms with E-state index in [1.54, 1.807) is 12.5 Å². The van der Waals surface area contributed by atoms with Crippen molar-refractivity contribution in [1.82, 2.24) is 10.3 Å². The average Bonchev–Trinajstić information content (AvgIpc) is 3.15. The molecule has 0 bridgehead atoms. The molecule has 0 aromatic carbocycles. The molecule has 2 aliphatic heterocycles. The van der Waals surface area contributed by atoms with Crippen LogP contribution in [0.1, 0.15) is 0 Å². The van der Waals surface area contributed by atoms with Crippen molar-refractivity contribution in [1.29, 1.82) is 0 Å². The highest BCUT2D eigenvalue weighted by Crippen LogP contribution is 2.30. The number of furan rings is 1. The Hall–Kier alpha value is -1.81. The molecular weight excluding hydrogens is 238 g/mol. The zero-order valence-electron chi connectivity index (χ0n) is 10.7. The van der Waals surface area contributed by atoms with E-state index >= 15 is 0 Å². The quantitative estimate of drug-likeness (QED) is 0.891. The Bertz CT molecular complexity index is 537. The third-order valence-corrected chi connectivity index (χ3v) is 4.32. The van der Waals surface area contributed by atoms with E-state index in [9.17, 15) is 0 Å². The van der Waals surface area contributed by atoms with Crippen molar-refractivity contribution in [3.8, 4) is 11.3 Å². The number of nitrogens with one attached hydrogen (secondary N) is 1. The topological polar surface area (TPSA) is 41.3 Å². The van der Waals surface area contributed by atoms with Gasteiger partial charge in [0, 0.05) is 31.7 Å². The number of hydrogen-bond donors (Lipinski definition) is 1. The van der Waals surface area contributed by atoms with Gasteiger partial charge in [0.1, 0.15) is 0 Å². The maximum atomic E-state index is 5.09. The molecule has 0 aliphatic carbocycles. The molecule has 0 radical (unpaired) electrons. The second kappa shape index (κ2) is 4.38. The zero-order valence-corrected chi connectivity index (χ0v) is 10.7. The van der Waals surface area contributed by atoms with E-state index in [4.69, 9.17) is 4.42 Å². The standard InChI is InChI=1S/C15H17N3O/c1-2-15(11-3-4-19-10-11)17-7-14(1)18-8-12-5-16-6-13(12)9-18/h1-4,7,10,12-13,16H,5-6,8-9H2. The van der Waals surface area contributed by atoms with Crippen LogP contribution in [-0.4, -0.2) is 31.2 Å². The molecule has 19 heavy (non-hydrogen) atoms. The summed E-state index contributed by atoms with van der Waals surface area (Å²) < 4.78 is 5.09. The van der Waals surface area contributed by atoms with Crippen LogP contribution in [0.25, 0.3) is 11.3 Å². The highest BCUT2D eigenvalue weighted by atomic mass is 16.3. The third kappa shape index (κ3) is 1.92. The highest BCUT2D eigenvalue weighted by molar-refractivity contribution is 5.60. The number of anilines is 1. The summed E-state index contributed by atoms with van der Waals surface area (Å²) in [5, 5.41) is 3.47. The molecule has 2 aromatic heterocycles. The number of hydrogen-bond acceptors (Lipinski definition) is 4. The van der Waals surface area contributed by atoms with Crippen LogP contribution < -0.4 is 10.2 Å². The fraction of sp³-hybridized carbons (Fsp3) is 0.400. The summed E-state index contributed by atoms with van der Waals surface area (Å²) in [4.78, 5) is 7.00. The first kappa shape index (κ1) is 11.1. The van der Waals surface area contributed by atoms with Crippen molar-refractivity contribution in [2.45, 2.75) is 0 Å². The molecule has 2 aromatic rings. The van der Waals surface area contributed by atoms with E-state index in [0.717, 1.165) is 36.2 Å². The number of fused-ring (bicyclic) bond motifs is 1. The Morgan fingerprint density at radius 1 is 1.16 bits per heavy atom. The Balaban J connectivity index is 1.53. The molecule has 0 saturated carbocycles. The van der Waals surface area contributed by atoms with Gasteiger partial charge in [0.05, 0.1) is 30.1 Å². The summed E-state index contributed by atoms with van der Waals surface area (Å²) in [5.74, 6) is 1.63. The summed E-state index contributed by atoms with van der Waals surface area (Å²) in [7, 11) is 0. The van der Waals surface area contributed by atoms with Crippen molar-refractivity contribution >= 4 is 5.69 Å². The van der Waals surface area contributed by atoms with Gasteiger partial charge in [0.2, 0.25) is 0 Å². The van der Waals surface area contributed by atoms with E-state index in [0.29, 0.717) is 0 Å². The van der Waals surface area contributed by atoms with Crippen molar-refractivity contribution < 1.29 is 4.42 Å². The summed E-state index contributed by atoms with van der Waals surface area (Å²) in [6.45, 7) is 4.65. The van der Waals surface area contributed by atoms with Gasteiger partial charge >= 0.3 is 0 Å². The van der Waals surface area contributed by atoms with Gasteiger partial charge in [-0.15, -0.1) is 0 Å². The molecule has 1 N–H and O–H groups in total. The van der Waals surface area contributed by atoms with E-state index < -0.39 is 0 Å². The summed E-state index contributed by atoms with van der Waals surface area (Å²) >= 11 is 0. The molecule has 0 amide bonds. The monoisotopic (exact) mass is 255 g/mol. The Morgan fingerprint density at radius 3 is 2.63 bits per heavy atom. The largest absolute Gasteiger partial charge is 0.472 e. The summed E-state index contributed by atoms with van der Waals surface area (Å²) in [6, 6.07) is 6.18. The van der Waals surface area contributed by atoms with Crippen LogP contribution in [0.4, 0.5) is 5.69 Å². The van der Waals surface area contributed by atoms with Gasteiger partial charge in [0.15, 0.2) is 0 Å². The van der Waals surface area contributed by atoms with Gasteiger partial charge in [0.25, 0.3) is 0 Å². The minimum Gasteiger partial charge on any atom is -0.472 e. The smallest absolute Gasteiger partial charge is 0.0996 e. The first-order valence-electron chi connectivity index (χ1n) is 6.84. The number of rotatable bonds is 2. The van der Waals surface area contributed by atoms with E-state index in [1.807, 2.05) is 12.3 Å². The highest BCUT2D eigenvalue weighted by Gasteiger charge is 2.36. The van der Waals surface area contributed by atoms with Gasteiger partial charge in [-0.1, -0.05) is 0 Å². The predicted octanol–water partition coefficient (Wildman–Crippen LogP) is 2.00. The third-order valence-electron chi connectivity index (χ3n) is 4.32. The minimum atomic E-state index is 0.813. The Labute approximate surface area is 112 Å². The van der Waals surface area contributed by atoms with Crippen molar-refractivity contribution in [3.63, 3.8) is 0 Å². The molecule has 98 valence electrons. The normalized spacial score (nSPS) is 25.8. The molecule has 4 rings (SSSR count). The second-order valence-corrected chi connectivity index (χ2v) is 5.50. The van der Waals surface area contributed by atoms with Crippen molar-refractivity contribution in [2.24, 2.45) is 11.8 Å². The van der Waals surface area contributed by atoms with Crippen LogP contribution in [-0.2, 0) is 0 Å². The van der Waals surface area contributed by atoms with Crippen LogP contribution in [0.5, 0.6) is 0 Å². The van der Waals surface area contributed by atoms with Gasteiger partial charge in [-0.25, -0.2) is 0 Å². The molecule has 0 spiro atoms. The molecule has 2 unspecified atom stereocenters. The second-order valence-electron chi connectivity index (χ2n) is 5.50. The van der Waals surface area contributed by atoms with E-state index in [-0.39, 0.29) is 0 Å². The van der Waals surface area contributed by atoms with Gasteiger partial charge < -0.3 is 14.6 Å². The fourth-order valence-electron chi connectivity index (χ4n) is 3.22. The van der Waals surface area contributed by atoms with Crippen molar-refractivity contribution in [3.05, 3.63) is 36.9 Å². The van der Waals surface area contributed by atoms with Crippen LogP contribution in [0.15, 0.2) is 41.3 Å². The Morgan fingerprint density at radius 2 is 2.00 bits per heavy atom. The minimum absolute atomic E-state index is 0.813.